The topological polar surface area (TPSA) is 60.7 Å². The van der Waals surface area contributed by atoms with Gasteiger partial charge in [0, 0.05) is 4.88 Å². The molecular weight excluding hydrogens is 472 g/mol. The highest BCUT2D eigenvalue weighted by Crippen LogP contribution is 2.30. The zero-order valence-corrected chi connectivity index (χ0v) is 18.9. The highest BCUT2D eigenvalue weighted by atomic mass is 79.9. The van der Waals surface area contributed by atoms with Crippen LogP contribution in [0.1, 0.15) is 30.3 Å². The normalized spacial score (nSPS) is 16.5. The first kappa shape index (κ1) is 20.0. The molecule has 5 nitrogen and oxygen atoms in total. The summed E-state index contributed by atoms with van der Waals surface area (Å²) in [6.07, 6.45) is 1.87. The Balaban J connectivity index is 1.96. The summed E-state index contributed by atoms with van der Waals surface area (Å²) in [5.41, 5.74) is 1.65. The number of thiazole rings is 1. The predicted octanol–water partition coefficient (Wildman–Crippen LogP) is 3.62. The molecule has 0 fully saturated rings. The average molecular weight is 489 g/mol. The number of nitrogens with zero attached hydrogens (tertiary/aromatic N) is 2. The van der Waals surface area contributed by atoms with E-state index in [1.165, 1.54) is 11.3 Å². The Morgan fingerprint density at radius 1 is 1.24 bits per heavy atom. The maximum atomic E-state index is 13.3. The SMILES string of the molecule is CCOC(=O)C1=C(C)N=c2s/c(=C/c3ccc(Br)s3)c(=O)n2[C@H]1c1ccccc1. The minimum absolute atomic E-state index is 0.165. The van der Waals surface area contributed by atoms with Gasteiger partial charge in [-0.25, -0.2) is 9.79 Å². The van der Waals surface area contributed by atoms with Gasteiger partial charge in [0.1, 0.15) is 0 Å². The molecule has 0 saturated carbocycles. The molecule has 0 N–H and O–H groups in total. The number of benzene rings is 1. The fourth-order valence-electron chi connectivity index (χ4n) is 3.28. The van der Waals surface area contributed by atoms with Crippen molar-refractivity contribution < 1.29 is 9.53 Å². The first-order valence-electron chi connectivity index (χ1n) is 8.99. The van der Waals surface area contributed by atoms with E-state index in [2.05, 4.69) is 20.9 Å². The Morgan fingerprint density at radius 2 is 2.00 bits per heavy atom. The van der Waals surface area contributed by atoms with Crippen LogP contribution in [-0.2, 0) is 9.53 Å². The van der Waals surface area contributed by atoms with Crippen molar-refractivity contribution >= 4 is 50.6 Å². The fraction of sp³-hybridized carbons (Fsp3) is 0.190. The summed E-state index contributed by atoms with van der Waals surface area (Å²) in [6, 6.07) is 12.9. The second-order valence-electron chi connectivity index (χ2n) is 6.35. The smallest absolute Gasteiger partial charge is 0.338 e. The zero-order chi connectivity index (χ0) is 20.5. The van der Waals surface area contributed by atoms with Crippen molar-refractivity contribution in [2.75, 3.05) is 6.61 Å². The molecule has 2 aromatic heterocycles. The van der Waals surface area contributed by atoms with Crippen LogP contribution in [0.25, 0.3) is 6.08 Å². The highest BCUT2D eigenvalue weighted by Gasteiger charge is 2.33. The number of fused-ring (bicyclic) bond motifs is 1. The van der Waals surface area contributed by atoms with Crippen molar-refractivity contribution in [1.29, 1.82) is 0 Å². The number of carbonyl (C=O) groups is 1. The van der Waals surface area contributed by atoms with Crippen LogP contribution in [0.2, 0.25) is 0 Å². The number of carbonyl (C=O) groups excluding carboxylic acids is 1. The summed E-state index contributed by atoms with van der Waals surface area (Å²) in [5.74, 6) is -0.445. The molecule has 148 valence electrons. The van der Waals surface area contributed by atoms with Crippen molar-refractivity contribution in [1.82, 2.24) is 4.57 Å². The minimum Gasteiger partial charge on any atom is -0.463 e. The molecule has 1 aromatic carbocycles. The van der Waals surface area contributed by atoms with Crippen molar-refractivity contribution in [3.8, 4) is 0 Å². The van der Waals surface area contributed by atoms with Gasteiger partial charge in [-0.3, -0.25) is 9.36 Å². The molecule has 0 radical (unpaired) electrons. The predicted molar refractivity (Wildman–Crippen MR) is 119 cm³/mol. The fourth-order valence-corrected chi connectivity index (χ4v) is 5.76. The Labute approximate surface area is 183 Å². The summed E-state index contributed by atoms with van der Waals surface area (Å²) in [4.78, 5) is 32.2. The number of thiophene rings is 1. The highest BCUT2D eigenvalue weighted by molar-refractivity contribution is 9.11. The van der Waals surface area contributed by atoms with Gasteiger partial charge in [0.15, 0.2) is 4.80 Å². The van der Waals surface area contributed by atoms with E-state index in [9.17, 15) is 9.59 Å². The van der Waals surface area contributed by atoms with Crippen LogP contribution in [-0.4, -0.2) is 17.1 Å². The number of rotatable bonds is 4. The number of hydrogen-bond donors (Lipinski definition) is 0. The Hall–Kier alpha value is -2.29. The van der Waals surface area contributed by atoms with E-state index in [1.807, 2.05) is 48.5 Å². The first-order valence-corrected chi connectivity index (χ1v) is 11.4. The first-order chi connectivity index (χ1) is 14.0. The maximum absolute atomic E-state index is 13.3. The van der Waals surface area contributed by atoms with Gasteiger partial charge in [0.25, 0.3) is 5.56 Å². The van der Waals surface area contributed by atoms with Crippen molar-refractivity contribution in [3.05, 3.63) is 87.6 Å². The van der Waals surface area contributed by atoms with Gasteiger partial charge in [-0.1, -0.05) is 41.7 Å². The third-order valence-corrected chi connectivity index (χ3v) is 7.05. The Morgan fingerprint density at radius 3 is 2.66 bits per heavy atom. The second kappa shape index (κ2) is 8.22. The molecule has 8 heteroatoms. The van der Waals surface area contributed by atoms with Crippen LogP contribution in [0, 0.1) is 0 Å². The van der Waals surface area contributed by atoms with Crippen molar-refractivity contribution in [2.45, 2.75) is 19.9 Å². The van der Waals surface area contributed by atoms with Crippen LogP contribution in [0.3, 0.4) is 0 Å². The lowest BCUT2D eigenvalue weighted by molar-refractivity contribution is -0.139. The molecule has 0 bridgehead atoms. The lowest BCUT2D eigenvalue weighted by Crippen LogP contribution is -2.39. The van der Waals surface area contributed by atoms with Gasteiger partial charge < -0.3 is 4.74 Å². The zero-order valence-electron chi connectivity index (χ0n) is 15.7. The van der Waals surface area contributed by atoms with Crippen molar-refractivity contribution in [2.24, 2.45) is 4.99 Å². The van der Waals surface area contributed by atoms with Gasteiger partial charge in [-0.15, -0.1) is 11.3 Å². The van der Waals surface area contributed by atoms with E-state index in [0.29, 0.717) is 20.6 Å². The van der Waals surface area contributed by atoms with Gasteiger partial charge in [-0.2, -0.15) is 0 Å². The standard InChI is InChI=1S/C21H17BrN2O3S2/c1-3-27-20(26)17-12(2)23-21-24(18(17)13-7-5-4-6-8-13)19(25)15(29-21)11-14-9-10-16(22)28-14/h4-11,18H,3H2,1-2H3/b15-11+/t18-/m0/s1. The summed E-state index contributed by atoms with van der Waals surface area (Å²) in [6.45, 7) is 3.81. The quantitative estimate of drug-likeness (QED) is 0.526. The van der Waals surface area contributed by atoms with Crippen LogP contribution in [0.5, 0.6) is 0 Å². The van der Waals surface area contributed by atoms with E-state index in [-0.39, 0.29) is 12.2 Å². The van der Waals surface area contributed by atoms with Crippen LogP contribution in [0.15, 0.2) is 67.3 Å². The van der Waals surface area contributed by atoms with Crippen molar-refractivity contribution in [3.63, 3.8) is 0 Å². The molecule has 3 aromatic rings. The second-order valence-corrected chi connectivity index (χ2v) is 9.86. The van der Waals surface area contributed by atoms with Gasteiger partial charge in [0.05, 0.1) is 32.2 Å². The third kappa shape index (κ3) is 3.80. The third-order valence-electron chi connectivity index (χ3n) is 4.50. The minimum atomic E-state index is -0.566. The maximum Gasteiger partial charge on any atom is 0.338 e. The molecule has 0 unspecified atom stereocenters. The number of esters is 1. The molecule has 1 aliphatic rings. The molecule has 0 aliphatic carbocycles. The van der Waals surface area contributed by atoms with E-state index in [1.54, 1.807) is 29.8 Å². The molecule has 0 amide bonds. The number of halogens is 1. The van der Waals surface area contributed by atoms with E-state index >= 15 is 0 Å². The number of ether oxygens (including phenoxy) is 1. The largest absolute Gasteiger partial charge is 0.463 e. The molecular formula is C21H17BrN2O3S2. The Kier molecular flexibility index (Phi) is 5.67. The van der Waals surface area contributed by atoms with E-state index in [4.69, 9.17) is 4.74 Å². The van der Waals surface area contributed by atoms with E-state index < -0.39 is 12.0 Å². The molecule has 4 rings (SSSR count). The molecule has 1 aliphatic heterocycles. The molecule has 0 spiro atoms. The number of allylic oxidation sites excluding steroid dienone is 1. The lowest BCUT2D eigenvalue weighted by atomic mass is 9.96. The molecule has 0 saturated heterocycles. The average Bonchev–Trinajstić information content (AvgIpc) is 3.24. The van der Waals surface area contributed by atoms with Gasteiger partial charge in [-0.05, 0) is 53.5 Å². The Bertz CT molecular complexity index is 1290. The summed E-state index contributed by atoms with van der Waals surface area (Å²) >= 11 is 6.33. The summed E-state index contributed by atoms with van der Waals surface area (Å²) in [7, 11) is 0. The van der Waals surface area contributed by atoms with E-state index in [0.717, 1.165) is 14.2 Å². The molecule has 29 heavy (non-hydrogen) atoms. The van der Waals surface area contributed by atoms with Crippen LogP contribution < -0.4 is 14.9 Å². The summed E-state index contributed by atoms with van der Waals surface area (Å²) in [5, 5.41) is 0. The molecule has 3 heterocycles. The number of hydrogen-bond acceptors (Lipinski definition) is 6. The number of aromatic nitrogens is 1. The van der Waals surface area contributed by atoms with Gasteiger partial charge >= 0.3 is 5.97 Å². The lowest BCUT2D eigenvalue weighted by Gasteiger charge is -2.24. The summed E-state index contributed by atoms with van der Waals surface area (Å²) < 4.78 is 8.47. The van der Waals surface area contributed by atoms with Crippen LogP contribution >= 0.6 is 38.6 Å². The van der Waals surface area contributed by atoms with Crippen LogP contribution in [0.4, 0.5) is 0 Å². The van der Waals surface area contributed by atoms with Gasteiger partial charge in [0.2, 0.25) is 0 Å². The monoisotopic (exact) mass is 488 g/mol. The molecule has 1 atom stereocenters.